The standard InChI is InChI=1S/C24H26O4/c1-13-7-20(26)18(6)24(8-13)28-23-12-16(4)22(11-17(23)5)27-21-10-14(2)19(25)9-15(21)3/h7-12,25-26H,1-6H3. The zero-order valence-electron chi connectivity index (χ0n) is 17.2. The lowest BCUT2D eigenvalue weighted by Gasteiger charge is -2.17. The van der Waals surface area contributed by atoms with Gasteiger partial charge >= 0.3 is 0 Å². The van der Waals surface area contributed by atoms with Crippen LogP contribution in [0.4, 0.5) is 0 Å². The zero-order valence-corrected chi connectivity index (χ0v) is 17.2. The van der Waals surface area contributed by atoms with Gasteiger partial charge in [0.25, 0.3) is 0 Å². The minimum atomic E-state index is 0.225. The van der Waals surface area contributed by atoms with Crippen LogP contribution in [0.25, 0.3) is 0 Å². The largest absolute Gasteiger partial charge is 0.508 e. The molecule has 0 radical (unpaired) electrons. The first-order valence-corrected chi connectivity index (χ1v) is 9.23. The van der Waals surface area contributed by atoms with Gasteiger partial charge in [-0.2, -0.15) is 0 Å². The van der Waals surface area contributed by atoms with Gasteiger partial charge in [0.05, 0.1) is 0 Å². The SMILES string of the molecule is Cc1cc(O)c(C)c(Oc2cc(C)c(Oc3cc(C)c(O)cc3C)cc2C)c1. The second-order valence-electron chi connectivity index (χ2n) is 7.40. The summed E-state index contributed by atoms with van der Waals surface area (Å²) in [6.07, 6.45) is 0. The molecule has 3 aromatic carbocycles. The Hall–Kier alpha value is -3.14. The summed E-state index contributed by atoms with van der Waals surface area (Å²) in [6, 6.07) is 11.1. The van der Waals surface area contributed by atoms with Crippen LogP contribution in [0.5, 0.6) is 34.5 Å². The van der Waals surface area contributed by atoms with E-state index < -0.39 is 0 Å². The molecule has 146 valence electrons. The van der Waals surface area contributed by atoms with Gasteiger partial charge in [-0.05, 0) is 106 Å². The molecule has 4 heteroatoms. The fraction of sp³-hybridized carbons (Fsp3) is 0.250. The van der Waals surface area contributed by atoms with E-state index in [9.17, 15) is 10.2 Å². The van der Waals surface area contributed by atoms with Gasteiger partial charge in [-0.1, -0.05) is 0 Å². The van der Waals surface area contributed by atoms with Crippen LogP contribution in [0.15, 0.2) is 36.4 Å². The minimum absolute atomic E-state index is 0.225. The molecule has 0 saturated carbocycles. The molecule has 0 fully saturated rings. The van der Waals surface area contributed by atoms with E-state index in [2.05, 4.69) is 0 Å². The third kappa shape index (κ3) is 3.91. The number of aryl methyl sites for hydroxylation is 5. The summed E-state index contributed by atoms with van der Waals surface area (Å²) in [6.45, 7) is 11.4. The lowest BCUT2D eigenvalue weighted by molar-refractivity contribution is 0.441. The zero-order chi connectivity index (χ0) is 20.6. The van der Waals surface area contributed by atoms with Crippen LogP contribution in [0.1, 0.15) is 33.4 Å². The Bertz CT molecular complexity index is 1050. The normalized spacial score (nSPS) is 10.8. The van der Waals surface area contributed by atoms with E-state index in [0.717, 1.165) is 39.3 Å². The first-order chi connectivity index (χ1) is 13.2. The number of rotatable bonds is 4. The first kappa shape index (κ1) is 19.6. The second kappa shape index (κ2) is 7.47. The van der Waals surface area contributed by atoms with Crippen LogP contribution in [0.2, 0.25) is 0 Å². The molecule has 0 aromatic heterocycles. The highest BCUT2D eigenvalue weighted by Crippen LogP contribution is 2.38. The van der Waals surface area contributed by atoms with Crippen molar-refractivity contribution in [3.05, 3.63) is 69.8 Å². The quantitative estimate of drug-likeness (QED) is 0.542. The van der Waals surface area contributed by atoms with Gasteiger partial charge in [0, 0.05) is 5.56 Å². The average molecular weight is 378 g/mol. The number of ether oxygens (including phenoxy) is 2. The molecular weight excluding hydrogens is 352 g/mol. The minimum Gasteiger partial charge on any atom is -0.508 e. The number of hydrogen-bond acceptors (Lipinski definition) is 4. The van der Waals surface area contributed by atoms with E-state index in [4.69, 9.17) is 9.47 Å². The molecule has 0 bridgehead atoms. The molecule has 2 N–H and O–H groups in total. The lowest BCUT2D eigenvalue weighted by atomic mass is 10.1. The predicted octanol–water partition coefficient (Wildman–Crippen LogP) is 6.53. The maximum atomic E-state index is 10.0. The highest BCUT2D eigenvalue weighted by molar-refractivity contribution is 5.53. The molecule has 28 heavy (non-hydrogen) atoms. The molecule has 0 spiro atoms. The second-order valence-corrected chi connectivity index (χ2v) is 7.40. The van der Waals surface area contributed by atoms with Crippen LogP contribution in [0.3, 0.4) is 0 Å². The Balaban J connectivity index is 1.93. The van der Waals surface area contributed by atoms with Crippen molar-refractivity contribution in [2.45, 2.75) is 41.5 Å². The molecule has 0 aliphatic heterocycles. The molecule has 0 amide bonds. The number of phenols is 2. The molecule has 3 rings (SSSR count). The van der Waals surface area contributed by atoms with Crippen molar-refractivity contribution in [3.8, 4) is 34.5 Å². The number of aromatic hydroxyl groups is 2. The molecular formula is C24H26O4. The van der Waals surface area contributed by atoms with Crippen LogP contribution in [-0.2, 0) is 0 Å². The summed E-state index contributed by atoms with van der Waals surface area (Å²) in [4.78, 5) is 0. The van der Waals surface area contributed by atoms with Gasteiger partial charge in [-0.15, -0.1) is 0 Å². The van der Waals surface area contributed by atoms with Crippen molar-refractivity contribution >= 4 is 0 Å². The van der Waals surface area contributed by atoms with E-state index in [0.29, 0.717) is 17.1 Å². The van der Waals surface area contributed by atoms with Gasteiger partial charge in [0.2, 0.25) is 0 Å². The molecule has 4 nitrogen and oxygen atoms in total. The monoisotopic (exact) mass is 378 g/mol. The molecule has 3 aromatic rings. The highest BCUT2D eigenvalue weighted by atomic mass is 16.5. The molecule has 0 unspecified atom stereocenters. The number of phenolic OH excluding ortho intramolecular Hbond substituents is 2. The van der Waals surface area contributed by atoms with Crippen molar-refractivity contribution in [2.75, 3.05) is 0 Å². The van der Waals surface area contributed by atoms with E-state index in [1.165, 1.54) is 0 Å². The van der Waals surface area contributed by atoms with Gasteiger partial charge in [0.15, 0.2) is 0 Å². The van der Waals surface area contributed by atoms with Crippen LogP contribution >= 0.6 is 0 Å². The third-order valence-electron chi connectivity index (χ3n) is 4.88. The van der Waals surface area contributed by atoms with E-state index in [-0.39, 0.29) is 11.5 Å². The summed E-state index contributed by atoms with van der Waals surface area (Å²) in [5.41, 5.74) is 5.13. The van der Waals surface area contributed by atoms with Gasteiger partial charge in [-0.3, -0.25) is 0 Å². The van der Waals surface area contributed by atoms with E-state index >= 15 is 0 Å². The van der Waals surface area contributed by atoms with Crippen molar-refractivity contribution in [1.82, 2.24) is 0 Å². The molecule has 0 heterocycles. The number of hydrogen-bond donors (Lipinski definition) is 2. The smallest absolute Gasteiger partial charge is 0.134 e. The maximum absolute atomic E-state index is 10.0. The van der Waals surface area contributed by atoms with Crippen LogP contribution in [0, 0.1) is 41.5 Å². The topological polar surface area (TPSA) is 58.9 Å². The van der Waals surface area contributed by atoms with Crippen LogP contribution < -0.4 is 9.47 Å². The van der Waals surface area contributed by atoms with Crippen molar-refractivity contribution in [2.24, 2.45) is 0 Å². The Labute approximate surface area is 166 Å². The van der Waals surface area contributed by atoms with Crippen molar-refractivity contribution in [3.63, 3.8) is 0 Å². The Kier molecular flexibility index (Phi) is 5.23. The Morgan fingerprint density at radius 3 is 1.54 bits per heavy atom. The molecule has 0 aliphatic rings. The fourth-order valence-corrected chi connectivity index (χ4v) is 3.02. The van der Waals surface area contributed by atoms with E-state index in [1.54, 1.807) is 12.1 Å². The first-order valence-electron chi connectivity index (χ1n) is 9.23. The average Bonchev–Trinajstić information content (AvgIpc) is 2.61. The van der Waals surface area contributed by atoms with Gasteiger partial charge in [0.1, 0.15) is 34.5 Å². The Morgan fingerprint density at radius 1 is 0.500 bits per heavy atom. The highest BCUT2D eigenvalue weighted by Gasteiger charge is 2.13. The summed E-state index contributed by atoms with van der Waals surface area (Å²) < 4.78 is 12.2. The molecule has 0 aliphatic carbocycles. The summed E-state index contributed by atoms with van der Waals surface area (Å²) in [5, 5.41) is 19.9. The summed E-state index contributed by atoms with van der Waals surface area (Å²) >= 11 is 0. The van der Waals surface area contributed by atoms with Crippen molar-refractivity contribution < 1.29 is 19.7 Å². The Morgan fingerprint density at radius 2 is 0.964 bits per heavy atom. The van der Waals surface area contributed by atoms with Crippen molar-refractivity contribution in [1.29, 1.82) is 0 Å². The molecule has 0 saturated heterocycles. The fourth-order valence-electron chi connectivity index (χ4n) is 3.02. The molecule has 0 atom stereocenters. The summed E-state index contributed by atoms with van der Waals surface area (Å²) in [5.74, 6) is 3.30. The third-order valence-corrected chi connectivity index (χ3v) is 4.88. The van der Waals surface area contributed by atoms with Gasteiger partial charge < -0.3 is 19.7 Å². The lowest BCUT2D eigenvalue weighted by Crippen LogP contribution is -1.96. The predicted molar refractivity (Wildman–Crippen MR) is 111 cm³/mol. The van der Waals surface area contributed by atoms with E-state index in [1.807, 2.05) is 65.8 Å². The van der Waals surface area contributed by atoms with Gasteiger partial charge in [-0.25, -0.2) is 0 Å². The van der Waals surface area contributed by atoms with Crippen LogP contribution in [-0.4, -0.2) is 10.2 Å². The summed E-state index contributed by atoms with van der Waals surface area (Å²) in [7, 11) is 0. The maximum Gasteiger partial charge on any atom is 0.134 e. The number of benzene rings is 3.